The maximum Gasteiger partial charge on any atom is 0.276 e. The number of hydrogen-bond donors (Lipinski definition) is 2. The Bertz CT molecular complexity index is 699. The zero-order valence-electron chi connectivity index (χ0n) is 15.3. The van der Waals surface area contributed by atoms with Crippen LogP contribution in [0.4, 0.5) is 0 Å². The van der Waals surface area contributed by atoms with E-state index in [1.165, 1.54) is 5.56 Å². The molecule has 5 heteroatoms. The molecule has 0 aliphatic carbocycles. The van der Waals surface area contributed by atoms with Crippen molar-refractivity contribution in [3.63, 3.8) is 0 Å². The zero-order chi connectivity index (χ0) is 18.8. The highest BCUT2D eigenvalue weighted by molar-refractivity contribution is 5.86. The molecule has 0 aliphatic rings. The molecule has 2 aromatic rings. The summed E-state index contributed by atoms with van der Waals surface area (Å²) in [6.07, 6.45) is 2.54. The summed E-state index contributed by atoms with van der Waals surface area (Å²) in [5.41, 5.74) is 7.07. The molecule has 5 nitrogen and oxygen atoms in total. The number of benzene rings is 2. The van der Waals surface area contributed by atoms with Gasteiger partial charge in [-0.3, -0.25) is 20.4 Å². The fourth-order valence-electron chi connectivity index (χ4n) is 2.65. The first-order chi connectivity index (χ1) is 12.6. The summed E-state index contributed by atoms with van der Waals surface area (Å²) in [7, 11) is 0. The molecule has 0 radical (unpaired) electrons. The van der Waals surface area contributed by atoms with Crippen LogP contribution in [0, 0.1) is 0 Å². The first-order valence-electron chi connectivity index (χ1n) is 8.99. The van der Waals surface area contributed by atoms with E-state index in [9.17, 15) is 9.59 Å². The minimum atomic E-state index is -0.402. The van der Waals surface area contributed by atoms with Gasteiger partial charge in [-0.2, -0.15) is 0 Å². The standard InChI is InChI=1S/C21H26N2O3/c1-3-8-19(17-9-6-5-7-10-17)21(25)23-22-20(24)15-26-18-13-11-16(4-2)12-14-18/h5-7,9-14,19H,3-4,8,15H2,1-2H3,(H,22,24)(H,23,25)/t19-/m0/s1. The summed E-state index contributed by atoms with van der Waals surface area (Å²) in [5, 5.41) is 0. The molecular formula is C21H26N2O3. The van der Waals surface area contributed by atoms with E-state index in [-0.39, 0.29) is 18.4 Å². The van der Waals surface area contributed by atoms with Crippen molar-refractivity contribution < 1.29 is 14.3 Å². The van der Waals surface area contributed by atoms with Crippen LogP contribution in [0.2, 0.25) is 0 Å². The lowest BCUT2D eigenvalue weighted by Crippen LogP contribution is -2.45. The van der Waals surface area contributed by atoms with Crippen molar-refractivity contribution in [2.75, 3.05) is 6.61 Å². The second-order valence-corrected chi connectivity index (χ2v) is 6.08. The third kappa shape index (κ3) is 5.92. The first kappa shape index (κ1) is 19.5. The molecule has 0 saturated carbocycles. The lowest BCUT2D eigenvalue weighted by atomic mass is 9.94. The van der Waals surface area contributed by atoms with Crippen molar-refractivity contribution in [2.24, 2.45) is 0 Å². The third-order valence-electron chi connectivity index (χ3n) is 4.12. The van der Waals surface area contributed by atoms with Gasteiger partial charge < -0.3 is 4.74 Å². The Morgan fingerprint density at radius 1 is 0.962 bits per heavy atom. The molecule has 1 atom stereocenters. The fourth-order valence-corrected chi connectivity index (χ4v) is 2.65. The smallest absolute Gasteiger partial charge is 0.276 e. The Morgan fingerprint density at radius 2 is 1.65 bits per heavy atom. The molecule has 0 saturated heterocycles. The molecule has 0 aliphatic heterocycles. The van der Waals surface area contributed by atoms with Crippen LogP contribution in [0.5, 0.6) is 5.75 Å². The minimum Gasteiger partial charge on any atom is -0.484 e. The highest BCUT2D eigenvalue weighted by Gasteiger charge is 2.20. The van der Waals surface area contributed by atoms with Gasteiger partial charge in [0.15, 0.2) is 6.61 Å². The van der Waals surface area contributed by atoms with Gasteiger partial charge in [-0.1, -0.05) is 62.7 Å². The number of nitrogens with one attached hydrogen (secondary N) is 2. The normalized spacial score (nSPS) is 11.5. The molecule has 26 heavy (non-hydrogen) atoms. The van der Waals surface area contributed by atoms with E-state index in [1.807, 2.05) is 61.5 Å². The summed E-state index contributed by atoms with van der Waals surface area (Å²) in [5.74, 6) is -0.291. The number of hydrogen-bond acceptors (Lipinski definition) is 3. The predicted octanol–water partition coefficient (Wildman–Crippen LogP) is 3.36. The molecule has 0 aromatic heterocycles. The number of carbonyl (C=O) groups is 2. The predicted molar refractivity (Wildman–Crippen MR) is 102 cm³/mol. The molecule has 0 unspecified atom stereocenters. The van der Waals surface area contributed by atoms with E-state index in [0.29, 0.717) is 12.2 Å². The SMILES string of the molecule is CCC[C@H](C(=O)NNC(=O)COc1ccc(CC)cc1)c1ccccc1. The van der Waals surface area contributed by atoms with E-state index in [0.717, 1.165) is 18.4 Å². The van der Waals surface area contributed by atoms with Gasteiger partial charge in [0.05, 0.1) is 5.92 Å². The Balaban J connectivity index is 1.81. The van der Waals surface area contributed by atoms with E-state index in [1.54, 1.807) is 0 Å². The quantitative estimate of drug-likeness (QED) is 0.714. The Hall–Kier alpha value is -2.82. The monoisotopic (exact) mass is 354 g/mol. The van der Waals surface area contributed by atoms with Crippen molar-refractivity contribution in [3.8, 4) is 5.75 Å². The molecule has 138 valence electrons. The summed E-state index contributed by atoms with van der Waals surface area (Å²) >= 11 is 0. The van der Waals surface area contributed by atoms with Gasteiger partial charge in [0.2, 0.25) is 5.91 Å². The number of hydrazine groups is 1. The van der Waals surface area contributed by atoms with Crippen molar-refractivity contribution in [3.05, 3.63) is 65.7 Å². The highest BCUT2D eigenvalue weighted by atomic mass is 16.5. The molecule has 2 amide bonds. The van der Waals surface area contributed by atoms with Crippen LogP contribution in [0.15, 0.2) is 54.6 Å². The molecule has 0 heterocycles. The van der Waals surface area contributed by atoms with Crippen LogP contribution in [0.3, 0.4) is 0 Å². The Labute approximate surface area is 154 Å². The lowest BCUT2D eigenvalue weighted by molar-refractivity contribution is -0.130. The number of ether oxygens (including phenoxy) is 1. The zero-order valence-corrected chi connectivity index (χ0v) is 15.3. The molecule has 0 spiro atoms. The second kappa shape index (κ2) is 10.2. The number of rotatable bonds is 8. The first-order valence-corrected chi connectivity index (χ1v) is 8.99. The minimum absolute atomic E-state index is 0.157. The molecule has 0 bridgehead atoms. The topological polar surface area (TPSA) is 67.4 Å². The van der Waals surface area contributed by atoms with Gasteiger partial charge in [0.1, 0.15) is 5.75 Å². The largest absolute Gasteiger partial charge is 0.484 e. The van der Waals surface area contributed by atoms with Crippen molar-refractivity contribution in [1.29, 1.82) is 0 Å². The van der Waals surface area contributed by atoms with Gasteiger partial charge in [0.25, 0.3) is 5.91 Å². The summed E-state index contributed by atoms with van der Waals surface area (Å²) in [6.45, 7) is 3.95. The summed E-state index contributed by atoms with van der Waals surface area (Å²) in [6, 6.07) is 17.2. The maximum atomic E-state index is 12.4. The molecular weight excluding hydrogens is 328 g/mol. The summed E-state index contributed by atoms with van der Waals surface area (Å²) < 4.78 is 5.43. The van der Waals surface area contributed by atoms with Crippen LogP contribution in [0.1, 0.15) is 43.7 Å². The second-order valence-electron chi connectivity index (χ2n) is 6.08. The summed E-state index contributed by atoms with van der Waals surface area (Å²) in [4.78, 5) is 24.3. The maximum absolute atomic E-state index is 12.4. The van der Waals surface area contributed by atoms with Crippen molar-refractivity contribution in [1.82, 2.24) is 10.9 Å². The number of aryl methyl sites for hydroxylation is 1. The average Bonchev–Trinajstić information content (AvgIpc) is 2.69. The number of carbonyl (C=O) groups excluding carboxylic acids is 2. The van der Waals surface area contributed by atoms with Crippen LogP contribution >= 0.6 is 0 Å². The van der Waals surface area contributed by atoms with E-state index in [4.69, 9.17) is 4.74 Å². The van der Waals surface area contributed by atoms with E-state index in [2.05, 4.69) is 17.8 Å². The van der Waals surface area contributed by atoms with Crippen molar-refractivity contribution in [2.45, 2.75) is 39.0 Å². The Kier molecular flexibility index (Phi) is 7.68. The van der Waals surface area contributed by atoms with Gasteiger partial charge in [0, 0.05) is 0 Å². The lowest BCUT2D eigenvalue weighted by Gasteiger charge is -2.17. The van der Waals surface area contributed by atoms with Gasteiger partial charge in [-0.15, -0.1) is 0 Å². The fraction of sp³-hybridized carbons (Fsp3) is 0.333. The molecule has 2 rings (SSSR count). The van der Waals surface area contributed by atoms with Crippen LogP contribution < -0.4 is 15.6 Å². The van der Waals surface area contributed by atoms with Crippen molar-refractivity contribution >= 4 is 11.8 Å². The van der Waals surface area contributed by atoms with Gasteiger partial charge >= 0.3 is 0 Å². The van der Waals surface area contributed by atoms with E-state index >= 15 is 0 Å². The van der Waals surface area contributed by atoms with E-state index < -0.39 is 5.91 Å². The average molecular weight is 354 g/mol. The van der Waals surface area contributed by atoms with Gasteiger partial charge in [-0.25, -0.2) is 0 Å². The highest BCUT2D eigenvalue weighted by Crippen LogP contribution is 2.21. The molecule has 2 N–H and O–H groups in total. The third-order valence-corrected chi connectivity index (χ3v) is 4.12. The van der Waals surface area contributed by atoms with Crippen LogP contribution in [-0.4, -0.2) is 18.4 Å². The molecule has 2 aromatic carbocycles. The number of amides is 2. The van der Waals surface area contributed by atoms with Crippen LogP contribution in [0.25, 0.3) is 0 Å². The molecule has 0 fully saturated rings. The van der Waals surface area contributed by atoms with Gasteiger partial charge in [-0.05, 0) is 36.1 Å². The Morgan fingerprint density at radius 3 is 2.27 bits per heavy atom. The van der Waals surface area contributed by atoms with Crippen LogP contribution in [-0.2, 0) is 16.0 Å².